The molecule has 0 fully saturated rings. The lowest BCUT2D eigenvalue weighted by Gasteiger charge is -2.22. The van der Waals surface area contributed by atoms with E-state index in [-0.39, 0.29) is 31.0 Å². The fraction of sp³-hybridized carbons (Fsp3) is 0.350. The molecule has 0 saturated carbocycles. The zero-order chi connectivity index (χ0) is 21.0. The Morgan fingerprint density at radius 3 is 2.39 bits per heavy atom. The van der Waals surface area contributed by atoms with Gasteiger partial charge in [-0.2, -0.15) is 0 Å². The van der Waals surface area contributed by atoms with Crippen LogP contribution >= 0.6 is 0 Å². The van der Waals surface area contributed by atoms with Crippen molar-refractivity contribution in [3.63, 3.8) is 0 Å². The maximum absolute atomic E-state index is 13.5. The quantitative estimate of drug-likeness (QED) is 0.673. The van der Waals surface area contributed by atoms with E-state index in [0.717, 1.165) is 12.1 Å². The molecule has 6 nitrogen and oxygen atoms in total. The number of aromatic nitrogens is 1. The molecular formula is C20H22F2N2O4. The van der Waals surface area contributed by atoms with Crippen LogP contribution in [0.1, 0.15) is 57.9 Å². The number of Topliss-reactive ketones (excluding diaryl/α,β-unsaturated/α-hetero) is 1. The zero-order valence-electron chi connectivity index (χ0n) is 15.9. The topological polar surface area (TPSA) is 90.5 Å². The van der Waals surface area contributed by atoms with Gasteiger partial charge in [-0.05, 0) is 43.5 Å². The maximum Gasteiger partial charge on any atom is 0.305 e. The minimum Gasteiger partial charge on any atom is -0.481 e. The van der Waals surface area contributed by atoms with E-state index in [1.165, 1.54) is 17.9 Å². The summed E-state index contributed by atoms with van der Waals surface area (Å²) < 4.78 is 26.7. The molecule has 1 amide bonds. The first-order valence-corrected chi connectivity index (χ1v) is 8.83. The van der Waals surface area contributed by atoms with E-state index in [9.17, 15) is 23.2 Å². The predicted molar refractivity (Wildman–Crippen MR) is 98.3 cm³/mol. The summed E-state index contributed by atoms with van der Waals surface area (Å²) in [4.78, 5) is 40.2. The molecule has 150 valence electrons. The van der Waals surface area contributed by atoms with Crippen LogP contribution in [0.5, 0.6) is 0 Å². The minimum atomic E-state index is -1.09. The van der Waals surface area contributed by atoms with Crippen LogP contribution in [0.4, 0.5) is 8.78 Å². The summed E-state index contributed by atoms with van der Waals surface area (Å²) in [7, 11) is 0. The average Bonchev–Trinajstić information content (AvgIpc) is 2.97. The van der Waals surface area contributed by atoms with Gasteiger partial charge >= 0.3 is 5.97 Å². The van der Waals surface area contributed by atoms with Crippen molar-refractivity contribution in [1.82, 2.24) is 9.88 Å². The van der Waals surface area contributed by atoms with Gasteiger partial charge in [-0.15, -0.1) is 0 Å². The van der Waals surface area contributed by atoms with Gasteiger partial charge < -0.3 is 15.0 Å². The first kappa shape index (κ1) is 21.3. The predicted octanol–water partition coefficient (Wildman–Crippen LogP) is 3.48. The molecular weight excluding hydrogens is 370 g/mol. The smallest absolute Gasteiger partial charge is 0.305 e. The molecule has 0 radical (unpaired) electrons. The van der Waals surface area contributed by atoms with Crippen LogP contribution < -0.4 is 0 Å². The van der Waals surface area contributed by atoms with Gasteiger partial charge in [0.1, 0.15) is 5.69 Å². The second-order valence-corrected chi connectivity index (χ2v) is 6.51. The van der Waals surface area contributed by atoms with Crippen molar-refractivity contribution in [2.24, 2.45) is 0 Å². The Morgan fingerprint density at radius 1 is 1.18 bits per heavy atom. The molecule has 0 spiro atoms. The van der Waals surface area contributed by atoms with E-state index < -0.39 is 23.5 Å². The highest BCUT2D eigenvalue weighted by atomic mass is 19.2. The Balaban J connectivity index is 2.41. The Hall–Kier alpha value is -3.03. The molecule has 1 aromatic heterocycles. The first-order chi connectivity index (χ1) is 13.1. The minimum absolute atomic E-state index is 0.0973. The third-order valence-electron chi connectivity index (χ3n) is 4.45. The molecule has 0 aliphatic rings. The van der Waals surface area contributed by atoms with Gasteiger partial charge in [-0.25, -0.2) is 8.78 Å². The molecule has 8 heteroatoms. The third-order valence-corrected chi connectivity index (χ3v) is 4.45. The number of aryl methyl sites for hydroxylation is 1. The lowest BCUT2D eigenvalue weighted by atomic mass is 10.0. The number of carboxylic acids is 1. The van der Waals surface area contributed by atoms with Gasteiger partial charge in [0, 0.05) is 24.3 Å². The van der Waals surface area contributed by atoms with Gasteiger partial charge in [-0.3, -0.25) is 14.4 Å². The van der Waals surface area contributed by atoms with Gasteiger partial charge in [-0.1, -0.05) is 13.0 Å². The van der Waals surface area contributed by atoms with Crippen LogP contribution in [-0.4, -0.2) is 39.2 Å². The van der Waals surface area contributed by atoms with Crippen molar-refractivity contribution >= 4 is 17.7 Å². The highest BCUT2D eigenvalue weighted by Crippen LogP contribution is 2.23. The molecule has 1 heterocycles. The van der Waals surface area contributed by atoms with Crippen LogP contribution in [0.2, 0.25) is 0 Å². The molecule has 2 rings (SSSR count). The van der Waals surface area contributed by atoms with Crippen molar-refractivity contribution in [1.29, 1.82) is 0 Å². The normalized spacial score (nSPS) is 10.8. The van der Waals surface area contributed by atoms with Crippen molar-refractivity contribution in [3.8, 4) is 0 Å². The molecule has 0 saturated heterocycles. The van der Waals surface area contributed by atoms with Crippen molar-refractivity contribution in [3.05, 3.63) is 57.9 Å². The Kier molecular flexibility index (Phi) is 6.66. The number of carbonyl (C=O) groups is 3. The van der Waals surface area contributed by atoms with Gasteiger partial charge in [0.25, 0.3) is 5.91 Å². The molecule has 0 atom stereocenters. The number of nitrogens with zero attached hydrogens (tertiary/aromatic N) is 1. The van der Waals surface area contributed by atoms with Crippen molar-refractivity contribution < 1.29 is 28.3 Å². The highest BCUT2D eigenvalue weighted by Gasteiger charge is 2.26. The standard InChI is InChI=1S/C20H22F2N2O4/c1-4-14-18(12(3)25)11(2)23-19(14)20(28)24(8-7-17(26)27)10-13-5-6-15(21)16(22)9-13/h5-6,9,23H,4,7-8,10H2,1-3H3,(H,26,27). The Morgan fingerprint density at radius 2 is 1.86 bits per heavy atom. The second-order valence-electron chi connectivity index (χ2n) is 6.51. The number of carbonyl (C=O) groups excluding carboxylic acids is 2. The van der Waals surface area contributed by atoms with Gasteiger partial charge in [0.05, 0.1) is 6.42 Å². The zero-order valence-corrected chi connectivity index (χ0v) is 15.9. The van der Waals surface area contributed by atoms with Gasteiger partial charge in [0.2, 0.25) is 0 Å². The number of aliphatic carboxylic acids is 1. The summed E-state index contributed by atoms with van der Waals surface area (Å²) in [5.74, 6) is -3.83. The largest absolute Gasteiger partial charge is 0.481 e. The summed E-state index contributed by atoms with van der Waals surface area (Å²) >= 11 is 0. The van der Waals surface area contributed by atoms with Gasteiger partial charge in [0.15, 0.2) is 17.4 Å². The van der Waals surface area contributed by atoms with E-state index in [4.69, 9.17) is 5.11 Å². The molecule has 0 bridgehead atoms. The molecule has 0 aliphatic heterocycles. The monoisotopic (exact) mass is 392 g/mol. The number of benzene rings is 1. The molecule has 2 N–H and O–H groups in total. The van der Waals surface area contributed by atoms with Crippen molar-refractivity contribution in [2.75, 3.05) is 6.54 Å². The number of aromatic amines is 1. The first-order valence-electron chi connectivity index (χ1n) is 8.83. The number of halogens is 2. The summed E-state index contributed by atoms with van der Waals surface area (Å²) in [6.45, 7) is 4.68. The highest BCUT2D eigenvalue weighted by molar-refractivity contribution is 6.02. The summed E-state index contributed by atoms with van der Waals surface area (Å²) in [6.07, 6.45) is 0.119. The van der Waals surface area contributed by atoms with E-state index >= 15 is 0 Å². The molecule has 0 unspecified atom stereocenters. The van der Waals surface area contributed by atoms with E-state index in [1.54, 1.807) is 6.92 Å². The molecule has 0 aliphatic carbocycles. The number of hydrogen-bond donors (Lipinski definition) is 2. The van der Waals surface area contributed by atoms with Crippen LogP contribution in [0.25, 0.3) is 0 Å². The molecule has 1 aromatic carbocycles. The van der Waals surface area contributed by atoms with Crippen LogP contribution in [0.15, 0.2) is 18.2 Å². The fourth-order valence-corrected chi connectivity index (χ4v) is 3.19. The Bertz CT molecular complexity index is 921. The van der Waals surface area contributed by atoms with E-state index in [0.29, 0.717) is 28.8 Å². The average molecular weight is 392 g/mol. The van der Waals surface area contributed by atoms with Crippen molar-refractivity contribution in [2.45, 2.75) is 40.2 Å². The summed E-state index contributed by atoms with van der Waals surface area (Å²) in [5.41, 5.74) is 2.08. The summed E-state index contributed by atoms with van der Waals surface area (Å²) in [5, 5.41) is 8.98. The number of ketones is 1. The number of carboxylic acid groups (broad SMARTS) is 1. The fourth-order valence-electron chi connectivity index (χ4n) is 3.19. The Labute approximate surface area is 161 Å². The second kappa shape index (κ2) is 8.77. The lowest BCUT2D eigenvalue weighted by Crippen LogP contribution is -2.33. The van der Waals surface area contributed by atoms with E-state index in [2.05, 4.69) is 4.98 Å². The number of nitrogens with one attached hydrogen (secondary N) is 1. The van der Waals surface area contributed by atoms with Crippen LogP contribution in [-0.2, 0) is 17.8 Å². The number of hydrogen-bond acceptors (Lipinski definition) is 3. The van der Waals surface area contributed by atoms with E-state index in [1.807, 2.05) is 6.92 Å². The third kappa shape index (κ3) is 4.62. The number of rotatable bonds is 8. The molecule has 2 aromatic rings. The number of H-pyrrole nitrogens is 1. The summed E-state index contributed by atoms with van der Waals surface area (Å²) in [6, 6.07) is 3.26. The lowest BCUT2D eigenvalue weighted by molar-refractivity contribution is -0.137. The van der Waals surface area contributed by atoms with Crippen LogP contribution in [0.3, 0.4) is 0 Å². The SMILES string of the molecule is CCc1c(C(=O)N(CCC(=O)O)Cc2ccc(F)c(F)c2)[nH]c(C)c1C(C)=O. The van der Waals surface area contributed by atoms with Crippen LogP contribution in [0, 0.1) is 18.6 Å². The number of amides is 1. The maximum atomic E-state index is 13.5. The molecule has 28 heavy (non-hydrogen) atoms.